The lowest BCUT2D eigenvalue weighted by Gasteiger charge is -2.39. The Balaban J connectivity index is 1.34. The van der Waals surface area contributed by atoms with Crippen molar-refractivity contribution < 1.29 is 4.74 Å². The Hall–Kier alpha value is -1.64. The van der Waals surface area contributed by atoms with Crippen molar-refractivity contribution in [2.24, 2.45) is 5.92 Å². The molecule has 2 nitrogen and oxygen atoms in total. The number of fused-ring (bicyclic) bond motifs is 8. The maximum absolute atomic E-state index is 6.31. The maximum atomic E-state index is 6.31. The van der Waals surface area contributed by atoms with Gasteiger partial charge < -0.3 is 4.74 Å². The zero-order chi connectivity index (χ0) is 17.1. The summed E-state index contributed by atoms with van der Waals surface area (Å²) in [5, 5.41) is 0. The smallest absolute Gasteiger partial charge is 0.0714 e. The van der Waals surface area contributed by atoms with Gasteiger partial charge in [-0.3, -0.25) is 4.90 Å². The highest BCUT2D eigenvalue weighted by atomic mass is 16.5. The summed E-state index contributed by atoms with van der Waals surface area (Å²) in [6, 6.07) is 18.4. The molecule has 1 atom stereocenters. The fourth-order valence-corrected chi connectivity index (χ4v) is 6.00. The van der Waals surface area contributed by atoms with Crippen LogP contribution < -0.4 is 0 Å². The standard InChI is InChI=1S/C24H27NO/c1-3-7-22-19(5-1)21-14-24(22,23-8-4-2-6-20(21)23)13-18-16-25(11-12-26-18)15-17-9-10-17/h1-8,17-18,21H,9-16H2. The highest BCUT2D eigenvalue weighted by Gasteiger charge is 2.53. The highest BCUT2D eigenvalue weighted by molar-refractivity contribution is 5.62. The molecule has 2 heteroatoms. The summed E-state index contributed by atoms with van der Waals surface area (Å²) >= 11 is 0. The molecule has 1 saturated heterocycles. The van der Waals surface area contributed by atoms with Crippen molar-refractivity contribution >= 4 is 0 Å². The summed E-state index contributed by atoms with van der Waals surface area (Å²) in [4.78, 5) is 2.67. The SMILES string of the molecule is c1ccc2c(c1)C1CC2(CC2CN(CC3CC3)CCO2)c2ccccc21. The van der Waals surface area contributed by atoms with Crippen molar-refractivity contribution in [1.82, 2.24) is 4.90 Å². The van der Waals surface area contributed by atoms with Crippen molar-refractivity contribution in [2.45, 2.75) is 43.1 Å². The van der Waals surface area contributed by atoms with Gasteiger partial charge in [0.15, 0.2) is 0 Å². The molecule has 3 aliphatic carbocycles. The molecule has 1 heterocycles. The van der Waals surface area contributed by atoms with Gasteiger partial charge in [-0.1, -0.05) is 48.5 Å². The van der Waals surface area contributed by atoms with Gasteiger partial charge in [0.05, 0.1) is 12.7 Å². The molecule has 0 aromatic heterocycles. The molecule has 134 valence electrons. The molecule has 2 aromatic carbocycles. The summed E-state index contributed by atoms with van der Waals surface area (Å²) in [5.74, 6) is 1.56. The molecule has 4 aliphatic rings. The van der Waals surface area contributed by atoms with E-state index in [1.54, 1.807) is 22.3 Å². The average Bonchev–Trinajstić information content (AvgIpc) is 3.35. The van der Waals surface area contributed by atoms with Gasteiger partial charge in [0.2, 0.25) is 0 Å². The Kier molecular flexibility index (Phi) is 3.37. The summed E-state index contributed by atoms with van der Waals surface area (Å²) in [6.07, 6.45) is 5.62. The quantitative estimate of drug-likeness (QED) is 0.818. The van der Waals surface area contributed by atoms with Crippen molar-refractivity contribution in [3.05, 3.63) is 70.8 Å². The first-order valence-electron chi connectivity index (χ1n) is 10.4. The molecule has 0 radical (unpaired) electrons. The van der Waals surface area contributed by atoms with Gasteiger partial charge in [-0.25, -0.2) is 0 Å². The van der Waals surface area contributed by atoms with Crippen LogP contribution in [0.2, 0.25) is 0 Å². The third-order valence-electron chi connectivity index (χ3n) is 7.27. The van der Waals surface area contributed by atoms with Gasteiger partial charge in [-0.15, -0.1) is 0 Å². The Morgan fingerprint density at radius 3 is 2.35 bits per heavy atom. The topological polar surface area (TPSA) is 12.5 Å². The first kappa shape index (κ1) is 15.4. The minimum absolute atomic E-state index is 0.172. The second-order valence-electron chi connectivity index (χ2n) is 8.91. The Morgan fingerprint density at radius 2 is 1.65 bits per heavy atom. The first-order chi connectivity index (χ1) is 12.8. The van der Waals surface area contributed by atoms with E-state index in [-0.39, 0.29) is 5.41 Å². The van der Waals surface area contributed by atoms with E-state index in [0.29, 0.717) is 12.0 Å². The van der Waals surface area contributed by atoms with Crippen LogP contribution in [0.5, 0.6) is 0 Å². The van der Waals surface area contributed by atoms with Gasteiger partial charge in [0, 0.05) is 31.0 Å². The van der Waals surface area contributed by atoms with Crippen LogP contribution in [0.4, 0.5) is 0 Å². The number of benzene rings is 2. The van der Waals surface area contributed by atoms with E-state index in [1.165, 1.54) is 25.8 Å². The van der Waals surface area contributed by atoms with Gasteiger partial charge in [-0.2, -0.15) is 0 Å². The number of nitrogens with zero attached hydrogens (tertiary/aromatic N) is 1. The Labute approximate surface area is 156 Å². The summed E-state index contributed by atoms with van der Waals surface area (Å²) in [6.45, 7) is 4.44. The fraction of sp³-hybridized carbons (Fsp3) is 0.500. The zero-order valence-corrected chi connectivity index (χ0v) is 15.4. The normalized spacial score (nSPS) is 32.5. The fourth-order valence-electron chi connectivity index (χ4n) is 6.00. The number of ether oxygens (including phenoxy) is 1. The Morgan fingerprint density at radius 1 is 0.962 bits per heavy atom. The molecular weight excluding hydrogens is 318 g/mol. The van der Waals surface area contributed by atoms with Gasteiger partial charge in [0.25, 0.3) is 0 Å². The van der Waals surface area contributed by atoms with Crippen molar-refractivity contribution in [1.29, 1.82) is 0 Å². The number of morpholine rings is 1. The number of hydrogen-bond donors (Lipinski definition) is 0. The van der Waals surface area contributed by atoms with Crippen LogP contribution in [0.15, 0.2) is 48.5 Å². The molecule has 1 unspecified atom stereocenters. The van der Waals surface area contributed by atoms with Gasteiger partial charge in [-0.05, 0) is 53.9 Å². The maximum Gasteiger partial charge on any atom is 0.0714 e. The summed E-state index contributed by atoms with van der Waals surface area (Å²) in [7, 11) is 0. The summed E-state index contributed by atoms with van der Waals surface area (Å²) < 4.78 is 6.31. The molecule has 1 saturated carbocycles. The van der Waals surface area contributed by atoms with Gasteiger partial charge in [0.1, 0.15) is 0 Å². The van der Waals surface area contributed by atoms with Crippen LogP contribution in [0.25, 0.3) is 0 Å². The van der Waals surface area contributed by atoms with E-state index < -0.39 is 0 Å². The molecule has 1 aliphatic heterocycles. The van der Waals surface area contributed by atoms with Crippen molar-refractivity contribution in [3.63, 3.8) is 0 Å². The van der Waals surface area contributed by atoms with Crippen LogP contribution in [0.1, 0.15) is 53.9 Å². The van der Waals surface area contributed by atoms with E-state index in [4.69, 9.17) is 4.74 Å². The number of rotatable bonds is 4. The lowest BCUT2D eigenvalue weighted by atomic mass is 9.71. The van der Waals surface area contributed by atoms with Crippen LogP contribution in [-0.2, 0) is 10.2 Å². The molecular formula is C24H27NO. The minimum atomic E-state index is 0.172. The summed E-state index contributed by atoms with van der Waals surface area (Å²) in [5.41, 5.74) is 6.46. The molecule has 0 N–H and O–H groups in total. The molecule has 2 fully saturated rings. The lowest BCUT2D eigenvalue weighted by Crippen LogP contribution is -2.46. The van der Waals surface area contributed by atoms with Crippen molar-refractivity contribution in [2.75, 3.05) is 26.2 Å². The second kappa shape index (κ2) is 5.68. The molecule has 26 heavy (non-hydrogen) atoms. The van der Waals surface area contributed by atoms with Crippen LogP contribution in [0, 0.1) is 5.92 Å². The van der Waals surface area contributed by atoms with E-state index >= 15 is 0 Å². The second-order valence-corrected chi connectivity index (χ2v) is 8.91. The monoisotopic (exact) mass is 345 g/mol. The molecule has 6 rings (SSSR count). The third kappa shape index (κ3) is 2.25. The predicted molar refractivity (Wildman–Crippen MR) is 104 cm³/mol. The van der Waals surface area contributed by atoms with Crippen LogP contribution >= 0.6 is 0 Å². The zero-order valence-electron chi connectivity index (χ0n) is 15.4. The van der Waals surface area contributed by atoms with Crippen LogP contribution in [-0.4, -0.2) is 37.2 Å². The average molecular weight is 345 g/mol. The van der Waals surface area contributed by atoms with Gasteiger partial charge >= 0.3 is 0 Å². The minimum Gasteiger partial charge on any atom is -0.376 e. The van der Waals surface area contributed by atoms with E-state index in [0.717, 1.165) is 32.0 Å². The molecule has 0 amide bonds. The van der Waals surface area contributed by atoms with E-state index in [1.807, 2.05) is 0 Å². The number of hydrogen-bond acceptors (Lipinski definition) is 2. The lowest BCUT2D eigenvalue weighted by molar-refractivity contribution is -0.0406. The molecule has 2 bridgehead atoms. The van der Waals surface area contributed by atoms with E-state index in [2.05, 4.69) is 53.4 Å². The third-order valence-corrected chi connectivity index (χ3v) is 7.27. The van der Waals surface area contributed by atoms with Crippen molar-refractivity contribution in [3.8, 4) is 0 Å². The Bertz CT molecular complexity index is 792. The van der Waals surface area contributed by atoms with Crippen LogP contribution in [0.3, 0.4) is 0 Å². The first-order valence-corrected chi connectivity index (χ1v) is 10.4. The van der Waals surface area contributed by atoms with E-state index in [9.17, 15) is 0 Å². The largest absolute Gasteiger partial charge is 0.376 e. The molecule has 0 spiro atoms. The predicted octanol–water partition coefficient (Wildman–Crippen LogP) is 4.32. The highest BCUT2D eigenvalue weighted by Crippen LogP contribution is 2.62. The molecule has 2 aromatic rings.